The highest BCUT2D eigenvalue weighted by molar-refractivity contribution is 6.07. The summed E-state index contributed by atoms with van der Waals surface area (Å²) in [6.45, 7) is 7.49. The summed E-state index contributed by atoms with van der Waals surface area (Å²) >= 11 is 0. The lowest BCUT2D eigenvalue weighted by Gasteiger charge is -2.22. The monoisotopic (exact) mass is 397 g/mol. The number of hydrogen-bond acceptors (Lipinski definition) is 5. The van der Waals surface area contributed by atoms with E-state index >= 15 is 0 Å². The average molecular weight is 397 g/mol. The molecule has 1 aromatic carbocycles. The number of pyridine rings is 1. The zero-order valence-electron chi connectivity index (χ0n) is 17.4. The second kappa shape index (κ2) is 8.19. The fourth-order valence-electron chi connectivity index (χ4n) is 3.77. The molecule has 1 aromatic heterocycles. The number of benzene rings is 1. The number of rotatable bonds is 7. The van der Waals surface area contributed by atoms with E-state index in [9.17, 15) is 14.4 Å². The van der Waals surface area contributed by atoms with Crippen LogP contribution in [-0.4, -0.2) is 39.9 Å². The molecule has 2 aromatic rings. The van der Waals surface area contributed by atoms with Gasteiger partial charge in [-0.1, -0.05) is 38.0 Å². The summed E-state index contributed by atoms with van der Waals surface area (Å²) in [6, 6.07) is 7.01. The first-order chi connectivity index (χ1) is 13.8. The van der Waals surface area contributed by atoms with E-state index in [1.54, 1.807) is 13.8 Å². The van der Waals surface area contributed by atoms with Crippen molar-refractivity contribution in [2.45, 2.75) is 59.0 Å². The Bertz CT molecular complexity index is 972. The molecule has 1 saturated heterocycles. The van der Waals surface area contributed by atoms with Crippen LogP contribution >= 0.6 is 0 Å². The summed E-state index contributed by atoms with van der Waals surface area (Å²) in [5, 5.41) is 3.64. The van der Waals surface area contributed by atoms with Gasteiger partial charge in [0.15, 0.2) is 0 Å². The standard InChI is InChI=1S/C22H27N3O4/c1-5-7-12-22(4)20(27)25(21(28)24-22)13-17-18(19(26)29-6-2)14(3)15-10-8-9-11-16(15)23-17/h8-11H,5-7,12-13H2,1-4H3,(H,24,28). The van der Waals surface area contributed by atoms with Crippen molar-refractivity contribution in [3.05, 3.63) is 41.1 Å². The third kappa shape index (κ3) is 3.81. The molecule has 1 aliphatic heterocycles. The van der Waals surface area contributed by atoms with Gasteiger partial charge in [0.25, 0.3) is 5.91 Å². The molecule has 154 valence electrons. The highest BCUT2D eigenvalue weighted by Gasteiger charge is 2.47. The van der Waals surface area contributed by atoms with Gasteiger partial charge in [0.2, 0.25) is 0 Å². The summed E-state index contributed by atoms with van der Waals surface area (Å²) in [5.41, 5.74) is 1.18. The van der Waals surface area contributed by atoms with Gasteiger partial charge in [-0.05, 0) is 38.8 Å². The van der Waals surface area contributed by atoms with Crippen molar-refractivity contribution in [2.24, 2.45) is 0 Å². The van der Waals surface area contributed by atoms with Crippen LogP contribution < -0.4 is 5.32 Å². The zero-order chi connectivity index (χ0) is 21.2. The molecule has 1 fully saturated rings. The number of carbonyl (C=O) groups excluding carboxylic acids is 3. The molecule has 3 rings (SSSR count). The number of fused-ring (bicyclic) bond motifs is 1. The molecule has 7 nitrogen and oxygen atoms in total. The van der Waals surface area contributed by atoms with Gasteiger partial charge in [-0.3, -0.25) is 9.69 Å². The molecule has 0 saturated carbocycles. The van der Waals surface area contributed by atoms with Crippen LogP contribution in [-0.2, 0) is 16.1 Å². The third-order valence-corrected chi connectivity index (χ3v) is 5.39. The van der Waals surface area contributed by atoms with Gasteiger partial charge < -0.3 is 10.1 Å². The molecule has 1 N–H and O–H groups in total. The van der Waals surface area contributed by atoms with E-state index in [1.165, 1.54) is 0 Å². The lowest BCUT2D eigenvalue weighted by Crippen LogP contribution is -2.43. The maximum absolute atomic E-state index is 13.0. The van der Waals surface area contributed by atoms with E-state index in [0.717, 1.165) is 28.7 Å². The van der Waals surface area contributed by atoms with Crippen LogP contribution in [0.2, 0.25) is 0 Å². The van der Waals surface area contributed by atoms with E-state index in [2.05, 4.69) is 10.3 Å². The Morgan fingerprint density at radius 1 is 1.24 bits per heavy atom. The number of carbonyl (C=O) groups is 3. The maximum Gasteiger partial charge on any atom is 0.340 e. The number of urea groups is 1. The summed E-state index contributed by atoms with van der Waals surface area (Å²) < 4.78 is 5.23. The number of aromatic nitrogens is 1. The Hall–Kier alpha value is -2.96. The molecule has 1 unspecified atom stereocenters. The lowest BCUT2D eigenvalue weighted by molar-refractivity contribution is -0.131. The van der Waals surface area contributed by atoms with Gasteiger partial charge in [-0.15, -0.1) is 0 Å². The lowest BCUT2D eigenvalue weighted by atomic mass is 9.95. The number of hydrogen-bond donors (Lipinski definition) is 1. The fourth-order valence-corrected chi connectivity index (χ4v) is 3.77. The van der Waals surface area contributed by atoms with Crippen LogP contribution in [0.5, 0.6) is 0 Å². The van der Waals surface area contributed by atoms with Gasteiger partial charge in [0.1, 0.15) is 5.54 Å². The molecule has 7 heteroatoms. The van der Waals surface area contributed by atoms with E-state index in [4.69, 9.17) is 4.74 Å². The molecular formula is C22H27N3O4. The van der Waals surface area contributed by atoms with Gasteiger partial charge >= 0.3 is 12.0 Å². The van der Waals surface area contributed by atoms with Crippen LogP contribution in [0, 0.1) is 6.92 Å². The number of imide groups is 1. The topological polar surface area (TPSA) is 88.6 Å². The number of esters is 1. The maximum atomic E-state index is 13.0. The summed E-state index contributed by atoms with van der Waals surface area (Å²) in [7, 11) is 0. The van der Waals surface area contributed by atoms with Crippen LogP contribution in [0.25, 0.3) is 10.9 Å². The van der Waals surface area contributed by atoms with Crippen molar-refractivity contribution < 1.29 is 19.1 Å². The van der Waals surface area contributed by atoms with Crippen molar-refractivity contribution in [1.82, 2.24) is 15.2 Å². The molecule has 0 radical (unpaired) electrons. The SMILES string of the molecule is CCCCC1(C)NC(=O)N(Cc2nc3ccccc3c(C)c2C(=O)OCC)C1=O. The van der Waals surface area contributed by atoms with Crippen molar-refractivity contribution in [3.8, 4) is 0 Å². The Morgan fingerprint density at radius 2 is 1.97 bits per heavy atom. The number of para-hydroxylation sites is 1. The summed E-state index contributed by atoms with van der Waals surface area (Å²) in [5.74, 6) is -0.794. The number of amides is 3. The van der Waals surface area contributed by atoms with E-state index in [-0.39, 0.29) is 19.1 Å². The average Bonchev–Trinajstić information content (AvgIpc) is 2.90. The first kappa shape index (κ1) is 20.8. The quantitative estimate of drug-likeness (QED) is 0.568. The Labute approximate surface area is 170 Å². The minimum absolute atomic E-state index is 0.0772. The zero-order valence-corrected chi connectivity index (χ0v) is 17.4. The van der Waals surface area contributed by atoms with Crippen LogP contribution in [0.4, 0.5) is 4.79 Å². The highest BCUT2D eigenvalue weighted by atomic mass is 16.5. The molecule has 0 spiro atoms. The second-order valence-electron chi connectivity index (χ2n) is 7.55. The number of unbranched alkanes of at least 4 members (excludes halogenated alkanes) is 1. The normalized spacial score (nSPS) is 19.0. The Balaban J connectivity index is 2.03. The van der Waals surface area contributed by atoms with Crippen LogP contribution in [0.1, 0.15) is 61.6 Å². The highest BCUT2D eigenvalue weighted by Crippen LogP contribution is 2.28. The van der Waals surface area contributed by atoms with Gasteiger partial charge in [-0.25, -0.2) is 14.6 Å². The molecule has 2 heterocycles. The smallest absolute Gasteiger partial charge is 0.340 e. The van der Waals surface area contributed by atoms with Crippen molar-refractivity contribution in [1.29, 1.82) is 0 Å². The minimum Gasteiger partial charge on any atom is -0.462 e. The van der Waals surface area contributed by atoms with E-state index in [0.29, 0.717) is 23.2 Å². The molecule has 1 atom stereocenters. The van der Waals surface area contributed by atoms with Crippen molar-refractivity contribution in [3.63, 3.8) is 0 Å². The Kier molecular flexibility index (Phi) is 5.86. The molecule has 29 heavy (non-hydrogen) atoms. The van der Waals surface area contributed by atoms with Crippen molar-refractivity contribution >= 4 is 28.8 Å². The number of ether oxygens (including phenoxy) is 1. The molecule has 3 amide bonds. The van der Waals surface area contributed by atoms with E-state index in [1.807, 2.05) is 38.1 Å². The second-order valence-corrected chi connectivity index (χ2v) is 7.55. The van der Waals surface area contributed by atoms with Crippen molar-refractivity contribution in [2.75, 3.05) is 6.61 Å². The molecule has 1 aliphatic rings. The summed E-state index contributed by atoms with van der Waals surface area (Å²) in [4.78, 5) is 44.0. The number of aryl methyl sites for hydroxylation is 1. The molecule has 0 aliphatic carbocycles. The van der Waals surface area contributed by atoms with E-state index < -0.39 is 17.5 Å². The van der Waals surface area contributed by atoms with Crippen LogP contribution in [0.3, 0.4) is 0 Å². The van der Waals surface area contributed by atoms with Gasteiger partial charge in [-0.2, -0.15) is 0 Å². The first-order valence-corrected chi connectivity index (χ1v) is 10.0. The van der Waals surface area contributed by atoms with Crippen LogP contribution in [0.15, 0.2) is 24.3 Å². The minimum atomic E-state index is -0.928. The predicted octanol–water partition coefficient (Wildman–Crippen LogP) is 3.72. The van der Waals surface area contributed by atoms with Gasteiger partial charge in [0.05, 0.1) is 29.9 Å². The number of nitrogens with one attached hydrogen (secondary N) is 1. The third-order valence-electron chi connectivity index (χ3n) is 5.39. The number of nitrogens with zero attached hydrogens (tertiary/aromatic N) is 2. The van der Waals surface area contributed by atoms with Gasteiger partial charge in [0, 0.05) is 5.39 Å². The molecule has 0 bridgehead atoms. The largest absolute Gasteiger partial charge is 0.462 e. The predicted molar refractivity (Wildman–Crippen MR) is 109 cm³/mol. The first-order valence-electron chi connectivity index (χ1n) is 10.0. The molecular weight excluding hydrogens is 370 g/mol. The summed E-state index contributed by atoms with van der Waals surface area (Å²) in [6.07, 6.45) is 2.33. The Morgan fingerprint density at radius 3 is 2.66 bits per heavy atom. The fraction of sp³-hybridized carbons (Fsp3) is 0.455.